The first kappa shape index (κ1) is 15.5. The fourth-order valence-corrected chi connectivity index (χ4v) is 2.28. The van der Waals surface area contributed by atoms with Crippen molar-refractivity contribution >= 4 is 27.5 Å². The second kappa shape index (κ2) is 6.74. The molecule has 21 heavy (non-hydrogen) atoms. The molecule has 4 nitrogen and oxygen atoms in total. The van der Waals surface area contributed by atoms with Crippen molar-refractivity contribution in [3.63, 3.8) is 0 Å². The molecule has 0 spiro atoms. The summed E-state index contributed by atoms with van der Waals surface area (Å²) in [5, 5.41) is 12.1. The third kappa shape index (κ3) is 4.31. The number of rotatable bonds is 4. The van der Waals surface area contributed by atoms with Gasteiger partial charge in [-0.05, 0) is 64.7 Å². The van der Waals surface area contributed by atoms with E-state index in [0.717, 1.165) is 15.6 Å². The van der Waals surface area contributed by atoms with Gasteiger partial charge in [0.25, 0.3) is 0 Å². The van der Waals surface area contributed by atoms with Crippen LogP contribution in [0.2, 0.25) is 0 Å². The first-order valence-corrected chi connectivity index (χ1v) is 7.35. The first-order valence-electron chi connectivity index (χ1n) is 6.56. The van der Waals surface area contributed by atoms with Gasteiger partial charge in [0, 0.05) is 4.47 Å². The molecule has 4 N–H and O–H groups in total. The fraction of sp³-hybridized carbons (Fsp3) is 0.188. The fourth-order valence-electron chi connectivity index (χ4n) is 1.94. The number of carbonyl (C=O) groups is 1. The maximum Gasteiger partial charge on any atom is 0.241 e. The summed E-state index contributed by atoms with van der Waals surface area (Å²) in [6, 6.07) is 11.7. The highest BCUT2D eigenvalue weighted by molar-refractivity contribution is 9.10. The molecule has 5 heteroatoms. The number of nitrogens with one attached hydrogen (secondary N) is 1. The Bertz CT molecular complexity index is 641. The number of hydrogen-bond donors (Lipinski definition) is 3. The highest BCUT2D eigenvalue weighted by atomic mass is 79.9. The van der Waals surface area contributed by atoms with Crippen LogP contribution >= 0.6 is 15.9 Å². The van der Waals surface area contributed by atoms with Crippen LogP contribution in [0.1, 0.15) is 11.1 Å². The summed E-state index contributed by atoms with van der Waals surface area (Å²) >= 11 is 3.40. The van der Waals surface area contributed by atoms with Crippen LogP contribution in [0.15, 0.2) is 46.9 Å². The predicted octanol–water partition coefficient (Wildman–Crippen LogP) is 2.97. The van der Waals surface area contributed by atoms with Crippen LogP contribution in [0.4, 0.5) is 5.69 Å². The highest BCUT2D eigenvalue weighted by Gasteiger charge is 2.15. The van der Waals surface area contributed by atoms with Crippen molar-refractivity contribution < 1.29 is 9.90 Å². The third-order valence-electron chi connectivity index (χ3n) is 3.11. The molecule has 1 amide bonds. The quantitative estimate of drug-likeness (QED) is 0.794. The summed E-state index contributed by atoms with van der Waals surface area (Å²) in [5.74, 6) is -0.0464. The van der Waals surface area contributed by atoms with Crippen molar-refractivity contribution in [2.75, 3.05) is 5.32 Å². The monoisotopic (exact) mass is 348 g/mol. The average molecular weight is 349 g/mol. The maximum atomic E-state index is 12.1. The molecule has 2 rings (SSSR count). The largest absolute Gasteiger partial charge is 0.508 e. The van der Waals surface area contributed by atoms with Crippen molar-refractivity contribution in [1.82, 2.24) is 0 Å². The molecular formula is C16H17BrN2O2. The maximum absolute atomic E-state index is 12.1. The molecule has 0 bridgehead atoms. The smallest absolute Gasteiger partial charge is 0.241 e. The van der Waals surface area contributed by atoms with E-state index in [4.69, 9.17) is 5.73 Å². The van der Waals surface area contributed by atoms with Gasteiger partial charge in [-0.2, -0.15) is 0 Å². The van der Waals surface area contributed by atoms with Crippen LogP contribution in [0.25, 0.3) is 0 Å². The summed E-state index contributed by atoms with van der Waals surface area (Å²) in [5.41, 5.74) is 8.60. The number of phenolic OH excluding ortho intramolecular Hbond substituents is 1. The molecule has 0 heterocycles. The van der Waals surface area contributed by atoms with Gasteiger partial charge in [0.2, 0.25) is 5.91 Å². The molecule has 0 fully saturated rings. The van der Waals surface area contributed by atoms with E-state index in [9.17, 15) is 9.90 Å². The Morgan fingerprint density at radius 2 is 1.95 bits per heavy atom. The normalized spacial score (nSPS) is 12.0. The zero-order valence-corrected chi connectivity index (χ0v) is 13.2. The van der Waals surface area contributed by atoms with Gasteiger partial charge in [0.05, 0.1) is 11.7 Å². The zero-order chi connectivity index (χ0) is 15.4. The lowest BCUT2D eigenvalue weighted by Crippen LogP contribution is -2.37. The number of benzene rings is 2. The summed E-state index contributed by atoms with van der Waals surface area (Å²) in [6.07, 6.45) is 0.412. The van der Waals surface area contributed by atoms with Gasteiger partial charge in [-0.25, -0.2) is 0 Å². The number of hydrogen-bond acceptors (Lipinski definition) is 3. The van der Waals surface area contributed by atoms with Crippen LogP contribution in [0.5, 0.6) is 5.75 Å². The highest BCUT2D eigenvalue weighted by Crippen LogP contribution is 2.23. The minimum absolute atomic E-state index is 0.195. The van der Waals surface area contributed by atoms with Crippen molar-refractivity contribution in [2.24, 2.45) is 5.73 Å². The molecule has 0 radical (unpaired) electrons. The van der Waals surface area contributed by atoms with E-state index in [0.29, 0.717) is 12.1 Å². The number of phenols is 1. The molecule has 0 saturated carbocycles. The van der Waals surface area contributed by atoms with E-state index in [1.807, 2.05) is 25.1 Å². The van der Waals surface area contributed by atoms with E-state index in [-0.39, 0.29) is 11.7 Å². The van der Waals surface area contributed by atoms with Gasteiger partial charge in [-0.15, -0.1) is 0 Å². The molecule has 0 aliphatic rings. The topological polar surface area (TPSA) is 75.4 Å². The Labute approximate surface area is 132 Å². The molecule has 1 atom stereocenters. The van der Waals surface area contributed by atoms with Gasteiger partial charge in [-0.1, -0.05) is 18.2 Å². The van der Waals surface area contributed by atoms with Gasteiger partial charge in [-0.3, -0.25) is 4.79 Å². The molecule has 2 aromatic rings. The molecule has 0 aliphatic heterocycles. The Kier molecular flexibility index (Phi) is 4.98. The van der Waals surface area contributed by atoms with E-state index in [1.54, 1.807) is 24.3 Å². The van der Waals surface area contributed by atoms with Crippen LogP contribution in [-0.4, -0.2) is 17.1 Å². The standard InChI is InChI=1S/C16H17BrN2O2/c1-10-2-7-13(17)15(8-10)19-16(21)14(18)9-11-3-5-12(20)6-4-11/h2-8,14,20H,9,18H2,1H3,(H,19,21)/t14-/m1/s1. The van der Waals surface area contributed by atoms with Crippen LogP contribution in [0.3, 0.4) is 0 Å². The predicted molar refractivity (Wildman–Crippen MR) is 87.3 cm³/mol. The van der Waals surface area contributed by atoms with Crippen LogP contribution < -0.4 is 11.1 Å². The van der Waals surface area contributed by atoms with Gasteiger partial charge in [0.1, 0.15) is 5.75 Å². The Morgan fingerprint density at radius 1 is 1.29 bits per heavy atom. The number of halogens is 1. The third-order valence-corrected chi connectivity index (χ3v) is 3.80. The number of anilines is 1. The van der Waals surface area contributed by atoms with Crippen LogP contribution in [0, 0.1) is 6.92 Å². The number of aryl methyl sites for hydroxylation is 1. The van der Waals surface area contributed by atoms with Gasteiger partial charge >= 0.3 is 0 Å². The zero-order valence-electron chi connectivity index (χ0n) is 11.6. The SMILES string of the molecule is Cc1ccc(Br)c(NC(=O)[C@H](N)Cc2ccc(O)cc2)c1. The lowest BCUT2D eigenvalue weighted by atomic mass is 10.1. The number of carbonyl (C=O) groups excluding carboxylic acids is 1. The Morgan fingerprint density at radius 3 is 2.62 bits per heavy atom. The molecule has 0 unspecified atom stereocenters. The van der Waals surface area contributed by atoms with Crippen molar-refractivity contribution in [3.8, 4) is 5.75 Å². The number of nitrogens with two attached hydrogens (primary N) is 1. The van der Waals surface area contributed by atoms with E-state index < -0.39 is 6.04 Å². The molecular weight excluding hydrogens is 332 g/mol. The first-order chi connectivity index (χ1) is 9.95. The lowest BCUT2D eigenvalue weighted by molar-refractivity contribution is -0.117. The number of amides is 1. The van der Waals surface area contributed by atoms with Gasteiger partial charge < -0.3 is 16.2 Å². The molecule has 0 saturated heterocycles. The van der Waals surface area contributed by atoms with E-state index >= 15 is 0 Å². The average Bonchev–Trinajstić information content (AvgIpc) is 2.45. The summed E-state index contributed by atoms with van der Waals surface area (Å²) in [4.78, 5) is 12.1. The van der Waals surface area contributed by atoms with E-state index in [1.165, 1.54) is 0 Å². The van der Waals surface area contributed by atoms with Crippen molar-refractivity contribution in [1.29, 1.82) is 0 Å². The Balaban J connectivity index is 2.02. The van der Waals surface area contributed by atoms with Crippen molar-refractivity contribution in [2.45, 2.75) is 19.4 Å². The van der Waals surface area contributed by atoms with Crippen molar-refractivity contribution in [3.05, 3.63) is 58.1 Å². The minimum atomic E-state index is -0.651. The lowest BCUT2D eigenvalue weighted by Gasteiger charge is -2.14. The summed E-state index contributed by atoms with van der Waals surface area (Å²) in [7, 11) is 0. The minimum Gasteiger partial charge on any atom is -0.508 e. The summed E-state index contributed by atoms with van der Waals surface area (Å²) < 4.78 is 0.818. The second-order valence-electron chi connectivity index (χ2n) is 4.95. The molecule has 2 aromatic carbocycles. The van der Waals surface area contributed by atoms with Crippen LogP contribution in [-0.2, 0) is 11.2 Å². The molecule has 110 valence electrons. The number of aromatic hydroxyl groups is 1. The molecule has 0 aliphatic carbocycles. The molecule has 0 aromatic heterocycles. The van der Waals surface area contributed by atoms with Gasteiger partial charge in [0.15, 0.2) is 0 Å². The Hall–Kier alpha value is -1.85. The van der Waals surface area contributed by atoms with E-state index in [2.05, 4.69) is 21.2 Å². The summed E-state index contributed by atoms with van der Waals surface area (Å²) in [6.45, 7) is 1.96. The second-order valence-corrected chi connectivity index (χ2v) is 5.80.